The van der Waals surface area contributed by atoms with Crippen molar-refractivity contribution in [2.24, 2.45) is 0 Å². The summed E-state index contributed by atoms with van der Waals surface area (Å²) < 4.78 is 10.2. The van der Waals surface area contributed by atoms with Gasteiger partial charge in [0.05, 0.1) is 13.3 Å². The molecule has 1 aliphatic rings. The molecule has 0 aliphatic carbocycles. The van der Waals surface area contributed by atoms with E-state index < -0.39 is 0 Å². The normalized spacial score (nSPS) is 18.7. The van der Waals surface area contributed by atoms with Crippen molar-refractivity contribution >= 4 is 29.1 Å². The molecule has 9 heteroatoms. The molecule has 4 rings (SSSR count). The van der Waals surface area contributed by atoms with Crippen molar-refractivity contribution in [2.45, 2.75) is 18.4 Å². The predicted octanol–water partition coefficient (Wildman–Crippen LogP) is 3.92. The molecule has 30 heavy (non-hydrogen) atoms. The molecule has 2 aromatic heterocycles. The lowest BCUT2D eigenvalue weighted by Gasteiger charge is -2.38. The highest BCUT2D eigenvalue weighted by Gasteiger charge is 2.33. The lowest BCUT2D eigenvalue weighted by Crippen LogP contribution is -2.51. The Bertz CT molecular complexity index is 963. The van der Waals surface area contributed by atoms with Crippen molar-refractivity contribution in [3.63, 3.8) is 0 Å². The van der Waals surface area contributed by atoms with Crippen LogP contribution in [0.5, 0.6) is 5.75 Å². The quantitative estimate of drug-likeness (QED) is 0.641. The van der Waals surface area contributed by atoms with Crippen LogP contribution in [0.2, 0.25) is 5.02 Å². The number of carbonyl (C=O) groups excluding carboxylic acids is 1. The van der Waals surface area contributed by atoms with Crippen LogP contribution in [0.1, 0.15) is 18.0 Å². The van der Waals surface area contributed by atoms with E-state index in [1.165, 1.54) is 0 Å². The molecule has 2 N–H and O–H groups in total. The van der Waals surface area contributed by atoms with E-state index in [1.54, 1.807) is 43.8 Å². The summed E-state index contributed by atoms with van der Waals surface area (Å²) >= 11 is 5.91. The van der Waals surface area contributed by atoms with Gasteiger partial charge in [-0.2, -0.15) is 0 Å². The number of methoxy groups -OCH3 is 1. The van der Waals surface area contributed by atoms with Crippen molar-refractivity contribution in [3.05, 3.63) is 65.6 Å². The van der Waals surface area contributed by atoms with E-state index in [0.717, 1.165) is 24.5 Å². The van der Waals surface area contributed by atoms with E-state index >= 15 is 0 Å². The molecule has 1 aliphatic heterocycles. The van der Waals surface area contributed by atoms with E-state index in [4.69, 9.17) is 20.9 Å². The second kappa shape index (κ2) is 9.04. The van der Waals surface area contributed by atoms with Gasteiger partial charge in [0.2, 0.25) is 0 Å². The minimum atomic E-state index is -0.268. The molecule has 1 aromatic carbocycles. The molecular weight excluding hydrogens is 406 g/mol. The molecule has 0 saturated carbocycles. The average Bonchev–Trinajstić information content (AvgIpc) is 3.31. The highest BCUT2D eigenvalue weighted by atomic mass is 35.5. The van der Waals surface area contributed by atoms with Gasteiger partial charge in [-0.1, -0.05) is 16.8 Å². The third-order valence-electron chi connectivity index (χ3n) is 5.15. The summed E-state index contributed by atoms with van der Waals surface area (Å²) in [7, 11) is 1.61. The highest BCUT2D eigenvalue weighted by molar-refractivity contribution is 6.30. The molecule has 156 valence electrons. The van der Waals surface area contributed by atoms with Crippen LogP contribution >= 0.6 is 11.6 Å². The topological polar surface area (TPSA) is 92.5 Å². The van der Waals surface area contributed by atoms with Gasteiger partial charge >= 0.3 is 6.03 Å². The summed E-state index contributed by atoms with van der Waals surface area (Å²) in [5.41, 5.74) is 1.55. The number of carbonyl (C=O) groups is 1. The maximum Gasteiger partial charge on any atom is 0.319 e. The first-order valence-electron chi connectivity index (χ1n) is 9.61. The number of amides is 2. The molecule has 2 unspecified atom stereocenters. The summed E-state index contributed by atoms with van der Waals surface area (Å²) in [5, 5.41) is 10.6. The molecule has 1 fully saturated rings. The number of benzene rings is 1. The number of nitrogens with one attached hydrogen (secondary N) is 2. The van der Waals surface area contributed by atoms with Gasteiger partial charge in [-0.05, 0) is 42.8 Å². The van der Waals surface area contributed by atoms with E-state index in [0.29, 0.717) is 23.0 Å². The molecule has 8 nitrogen and oxygen atoms in total. The number of pyridine rings is 1. The Labute approximate surface area is 179 Å². The summed E-state index contributed by atoms with van der Waals surface area (Å²) in [6.45, 7) is 1.39. The first kappa shape index (κ1) is 20.0. The smallest absolute Gasteiger partial charge is 0.319 e. The Balaban J connectivity index is 1.50. The third kappa shape index (κ3) is 4.65. The molecule has 2 atom stereocenters. The summed E-state index contributed by atoms with van der Waals surface area (Å²) in [4.78, 5) is 19.3. The number of aromatic nitrogens is 2. The van der Waals surface area contributed by atoms with Crippen LogP contribution in [0.25, 0.3) is 0 Å². The highest BCUT2D eigenvalue weighted by Crippen LogP contribution is 2.29. The van der Waals surface area contributed by atoms with Crippen molar-refractivity contribution in [1.82, 2.24) is 15.5 Å². The zero-order valence-corrected chi connectivity index (χ0v) is 17.2. The van der Waals surface area contributed by atoms with Crippen LogP contribution in [0.3, 0.4) is 0 Å². The minimum absolute atomic E-state index is 0.0303. The maximum atomic E-state index is 12.6. The van der Waals surface area contributed by atoms with Crippen molar-refractivity contribution < 1.29 is 14.1 Å². The standard InChI is InChI=1S/C21H22ClN5O3/c1-29-16-6-7-18(23-12-16)17-13-27(20-9-11-30-26-20)10-8-19(17)25-21(28)24-15-4-2-14(22)3-5-15/h2-7,9,11-12,17,19H,8,10,13H2,1H3,(H2,24,25,28). The lowest BCUT2D eigenvalue weighted by molar-refractivity contribution is 0.243. The third-order valence-corrected chi connectivity index (χ3v) is 5.41. The molecule has 2 amide bonds. The van der Waals surface area contributed by atoms with Gasteiger partial charge in [-0.15, -0.1) is 0 Å². The second-order valence-corrected chi connectivity index (χ2v) is 7.47. The van der Waals surface area contributed by atoms with Gasteiger partial charge in [-0.3, -0.25) is 4.98 Å². The number of halogens is 1. The summed E-state index contributed by atoms with van der Waals surface area (Å²) in [6.07, 6.45) is 3.98. The van der Waals surface area contributed by atoms with Gasteiger partial charge in [0.15, 0.2) is 5.82 Å². The van der Waals surface area contributed by atoms with Crippen molar-refractivity contribution in [2.75, 3.05) is 30.4 Å². The first-order chi connectivity index (χ1) is 14.6. The predicted molar refractivity (Wildman–Crippen MR) is 114 cm³/mol. The van der Waals surface area contributed by atoms with E-state index in [-0.39, 0.29) is 18.0 Å². The molecular formula is C21H22ClN5O3. The van der Waals surface area contributed by atoms with Gasteiger partial charge in [-0.25, -0.2) is 4.79 Å². The SMILES string of the molecule is COc1ccc(C2CN(c3ccon3)CCC2NC(=O)Nc2ccc(Cl)cc2)nc1. The maximum absolute atomic E-state index is 12.6. The number of piperidine rings is 1. The van der Waals surface area contributed by atoms with Crippen LogP contribution in [0, 0.1) is 0 Å². The van der Waals surface area contributed by atoms with Gasteiger partial charge in [0.25, 0.3) is 0 Å². The number of anilines is 2. The first-order valence-corrected chi connectivity index (χ1v) is 9.98. The fourth-order valence-electron chi connectivity index (χ4n) is 3.60. The number of hydrogen-bond acceptors (Lipinski definition) is 6. The lowest BCUT2D eigenvalue weighted by atomic mass is 9.89. The van der Waals surface area contributed by atoms with E-state index in [9.17, 15) is 4.79 Å². The Morgan fingerprint density at radius 1 is 1.23 bits per heavy atom. The van der Waals surface area contributed by atoms with Crippen LogP contribution in [-0.2, 0) is 0 Å². The average molecular weight is 428 g/mol. The number of rotatable bonds is 5. The van der Waals surface area contributed by atoms with Gasteiger partial charge in [0.1, 0.15) is 12.0 Å². The zero-order valence-electron chi connectivity index (χ0n) is 16.4. The zero-order chi connectivity index (χ0) is 20.9. The molecule has 0 bridgehead atoms. The molecule has 0 radical (unpaired) electrons. The number of nitrogens with zero attached hydrogens (tertiary/aromatic N) is 3. The van der Waals surface area contributed by atoms with Crippen LogP contribution < -0.4 is 20.3 Å². The molecule has 3 heterocycles. The Morgan fingerprint density at radius 2 is 2.07 bits per heavy atom. The number of urea groups is 1. The van der Waals surface area contributed by atoms with Crippen molar-refractivity contribution in [3.8, 4) is 5.75 Å². The Hall–Kier alpha value is -3.26. The minimum Gasteiger partial charge on any atom is -0.495 e. The molecule has 0 spiro atoms. The van der Waals surface area contributed by atoms with Crippen LogP contribution in [0.15, 0.2) is 59.4 Å². The molecule has 3 aromatic rings. The van der Waals surface area contributed by atoms with E-state index in [2.05, 4.69) is 25.7 Å². The fourth-order valence-corrected chi connectivity index (χ4v) is 3.73. The van der Waals surface area contributed by atoms with Crippen molar-refractivity contribution in [1.29, 1.82) is 0 Å². The number of ether oxygens (including phenoxy) is 1. The van der Waals surface area contributed by atoms with Crippen LogP contribution in [0.4, 0.5) is 16.3 Å². The Kier molecular flexibility index (Phi) is 6.04. The Morgan fingerprint density at radius 3 is 2.73 bits per heavy atom. The number of hydrogen-bond donors (Lipinski definition) is 2. The second-order valence-electron chi connectivity index (χ2n) is 7.03. The largest absolute Gasteiger partial charge is 0.495 e. The molecule has 1 saturated heterocycles. The van der Waals surface area contributed by atoms with Gasteiger partial charge < -0.3 is 24.8 Å². The van der Waals surface area contributed by atoms with E-state index in [1.807, 2.05) is 18.2 Å². The summed E-state index contributed by atoms with van der Waals surface area (Å²) in [6, 6.07) is 12.3. The fraction of sp³-hybridized carbons (Fsp3) is 0.286. The summed E-state index contributed by atoms with van der Waals surface area (Å²) in [5.74, 6) is 1.43. The van der Waals surface area contributed by atoms with Gasteiger partial charge in [0, 0.05) is 47.5 Å². The monoisotopic (exact) mass is 427 g/mol. The van der Waals surface area contributed by atoms with Crippen LogP contribution in [-0.4, -0.2) is 42.4 Å².